The summed E-state index contributed by atoms with van der Waals surface area (Å²) in [6.45, 7) is 3.12. The average Bonchev–Trinajstić information content (AvgIpc) is 2.40. The summed E-state index contributed by atoms with van der Waals surface area (Å²) in [4.78, 5) is 4.38. The van der Waals surface area contributed by atoms with Gasteiger partial charge in [-0.2, -0.15) is 0 Å². The number of rotatable bonds is 5. The highest BCUT2D eigenvalue weighted by molar-refractivity contribution is 9.10. The molecule has 106 valence electrons. The van der Waals surface area contributed by atoms with Crippen molar-refractivity contribution in [3.05, 3.63) is 50.1 Å². The van der Waals surface area contributed by atoms with Gasteiger partial charge in [0, 0.05) is 5.02 Å². The van der Waals surface area contributed by atoms with Crippen LogP contribution in [-0.2, 0) is 6.54 Å². The molecular formula is C14H13Br2ClN2O. The fraction of sp³-hybridized carbons (Fsp3) is 0.214. The van der Waals surface area contributed by atoms with E-state index in [1.54, 1.807) is 0 Å². The van der Waals surface area contributed by atoms with Gasteiger partial charge in [0.2, 0.25) is 0 Å². The molecule has 2 aromatic rings. The van der Waals surface area contributed by atoms with Gasteiger partial charge in [0.25, 0.3) is 0 Å². The van der Waals surface area contributed by atoms with Gasteiger partial charge in [0.15, 0.2) is 5.75 Å². The van der Waals surface area contributed by atoms with Crippen molar-refractivity contribution in [1.29, 1.82) is 0 Å². The number of nitrogens with zero attached hydrogens (tertiary/aromatic N) is 1. The zero-order chi connectivity index (χ0) is 14.5. The highest BCUT2D eigenvalue weighted by atomic mass is 79.9. The van der Waals surface area contributed by atoms with E-state index in [0.717, 1.165) is 26.2 Å². The highest BCUT2D eigenvalue weighted by Crippen LogP contribution is 2.36. The van der Waals surface area contributed by atoms with Crippen LogP contribution in [0.2, 0.25) is 5.02 Å². The molecule has 2 rings (SSSR count). The van der Waals surface area contributed by atoms with Crippen LogP contribution >= 0.6 is 43.5 Å². The summed E-state index contributed by atoms with van der Waals surface area (Å²) < 4.78 is 7.28. The van der Waals surface area contributed by atoms with Crippen LogP contribution in [0.3, 0.4) is 0 Å². The first-order valence-corrected chi connectivity index (χ1v) is 8.03. The van der Waals surface area contributed by atoms with E-state index in [1.165, 1.54) is 0 Å². The molecule has 1 aromatic heterocycles. The predicted molar refractivity (Wildman–Crippen MR) is 89.6 cm³/mol. The Labute approximate surface area is 140 Å². The molecular weight excluding hydrogens is 407 g/mol. The van der Waals surface area contributed by atoms with Crippen LogP contribution < -0.4 is 10.1 Å². The molecule has 0 bridgehead atoms. The quantitative estimate of drug-likeness (QED) is 0.669. The van der Waals surface area contributed by atoms with Crippen molar-refractivity contribution in [3.8, 4) is 5.75 Å². The SMILES string of the molecule is CCOc1c(Br)cc(Cl)cc1NCc1cccc(Br)n1. The molecule has 0 aliphatic rings. The number of anilines is 1. The highest BCUT2D eigenvalue weighted by Gasteiger charge is 2.10. The van der Waals surface area contributed by atoms with E-state index in [1.807, 2.05) is 37.3 Å². The first-order valence-electron chi connectivity index (χ1n) is 6.07. The van der Waals surface area contributed by atoms with Crippen molar-refractivity contribution in [2.75, 3.05) is 11.9 Å². The largest absolute Gasteiger partial charge is 0.491 e. The van der Waals surface area contributed by atoms with Crippen LogP contribution in [0.5, 0.6) is 5.75 Å². The van der Waals surface area contributed by atoms with E-state index in [4.69, 9.17) is 16.3 Å². The van der Waals surface area contributed by atoms with E-state index in [2.05, 4.69) is 42.2 Å². The van der Waals surface area contributed by atoms with Crippen LogP contribution in [0.25, 0.3) is 0 Å². The van der Waals surface area contributed by atoms with Gasteiger partial charge in [-0.25, -0.2) is 4.98 Å². The Morgan fingerprint density at radius 2 is 2.10 bits per heavy atom. The Morgan fingerprint density at radius 3 is 2.80 bits per heavy atom. The molecule has 0 radical (unpaired) electrons. The van der Waals surface area contributed by atoms with Crippen LogP contribution in [0.4, 0.5) is 5.69 Å². The number of ether oxygens (including phenoxy) is 1. The van der Waals surface area contributed by atoms with Gasteiger partial charge in [-0.15, -0.1) is 0 Å². The summed E-state index contributed by atoms with van der Waals surface area (Å²) in [5.74, 6) is 0.756. The number of halogens is 3. The molecule has 0 saturated carbocycles. The molecule has 0 unspecified atom stereocenters. The van der Waals surface area contributed by atoms with Crippen LogP contribution in [0, 0.1) is 0 Å². The van der Waals surface area contributed by atoms with E-state index in [9.17, 15) is 0 Å². The minimum absolute atomic E-state index is 0.587. The minimum atomic E-state index is 0.587. The molecule has 6 heteroatoms. The van der Waals surface area contributed by atoms with Crippen LogP contribution in [-0.4, -0.2) is 11.6 Å². The smallest absolute Gasteiger partial charge is 0.156 e. The Bertz CT molecular complexity index is 608. The standard InChI is InChI=1S/C14H13Br2ClN2O/c1-2-20-14-11(15)6-9(17)7-12(14)18-8-10-4-3-5-13(16)19-10/h3-7,18H,2,8H2,1H3. The van der Waals surface area contributed by atoms with Crippen molar-refractivity contribution < 1.29 is 4.74 Å². The minimum Gasteiger partial charge on any atom is -0.491 e. The number of aromatic nitrogens is 1. The second kappa shape index (κ2) is 7.29. The summed E-state index contributed by atoms with van der Waals surface area (Å²) >= 11 is 12.9. The molecule has 0 spiro atoms. The molecule has 20 heavy (non-hydrogen) atoms. The van der Waals surface area contributed by atoms with Gasteiger partial charge in [-0.1, -0.05) is 17.7 Å². The number of pyridine rings is 1. The molecule has 0 saturated heterocycles. The lowest BCUT2D eigenvalue weighted by molar-refractivity contribution is 0.339. The molecule has 3 nitrogen and oxygen atoms in total. The van der Waals surface area contributed by atoms with Crippen molar-refractivity contribution in [3.63, 3.8) is 0 Å². The number of hydrogen-bond donors (Lipinski definition) is 1. The number of nitrogens with one attached hydrogen (secondary N) is 1. The van der Waals surface area contributed by atoms with Gasteiger partial charge in [0.1, 0.15) is 4.60 Å². The fourth-order valence-corrected chi connectivity index (χ4v) is 3.02. The van der Waals surface area contributed by atoms with E-state index in [0.29, 0.717) is 18.2 Å². The lowest BCUT2D eigenvalue weighted by Gasteiger charge is -2.14. The van der Waals surface area contributed by atoms with Crippen LogP contribution in [0.1, 0.15) is 12.6 Å². The molecule has 0 aliphatic heterocycles. The summed E-state index contributed by atoms with van der Waals surface area (Å²) in [5.41, 5.74) is 1.77. The molecule has 0 fully saturated rings. The van der Waals surface area contributed by atoms with Gasteiger partial charge in [-0.3, -0.25) is 0 Å². The summed E-state index contributed by atoms with van der Waals surface area (Å²) in [5, 5.41) is 3.94. The first-order chi connectivity index (χ1) is 9.60. The molecule has 1 heterocycles. The topological polar surface area (TPSA) is 34.1 Å². The molecule has 1 N–H and O–H groups in total. The van der Waals surface area contributed by atoms with Gasteiger partial charge >= 0.3 is 0 Å². The van der Waals surface area contributed by atoms with E-state index >= 15 is 0 Å². The number of hydrogen-bond acceptors (Lipinski definition) is 3. The van der Waals surface area contributed by atoms with Crippen molar-refractivity contribution >= 4 is 49.1 Å². The van der Waals surface area contributed by atoms with Gasteiger partial charge in [-0.05, 0) is 63.0 Å². The zero-order valence-corrected chi connectivity index (χ0v) is 14.7. The van der Waals surface area contributed by atoms with Crippen molar-refractivity contribution in [2.45, 2.75) is 13.5 Å². The lowest BCUT2D eigenvalue weighted by atomic mass is 10.2. The molecule has 0 atom stereocenters. The fourth-order valence-electron chi connectivity index (χ4n) is 1.72. The van der Waals surface area contributed by atoms with E-state index < -0.39 is 0 Å². The lowest BCUT2D eigenvalue weighted by Crippen LogP contribution is -2.04. The van der Waals surface area contributed by atoms with Gasteiger partial charge < -0.3 is 10.1 Å². The molecule has 0 aliphatic carbocycles. The monoisotopic (exact) mass is 418 g/mol. The maximum atomic E-state index is 6.08. The second-order valence-electron chi connectivity index (χ2n) is 4.00. The Morgan fingerprint density at radius 1 is 1.30 bits per heavy atom. The summed E-state index contributed by atoms with van der Waals surface area (Å²) in [6.07, 6.45) is 0. The Balaban J connectivity index is 2.20. The normalized spacial score (nSPS) is 10.4. The Hall–Kier alpha value is -0.780. The molecule has 1 aromatic carbocycles. The third-order valence-corrected chi connectivity index (χ3v) is 3.78. The first kappa shape index (κ1) is 15.6. The zero-order valence-electron chi connectivity index (χ0n) is 10.8. The maximum absolute atomic E-state index is 6.08. The third kappa shape index (κ3) is 4.11. The van der Waals surface area contributed by atoms with E-state index in [-0.39, 0.29) is 0 Å². The average molecular weight is 421 g/mol. The summed E-state index contributed by atoms with van der Waals surface area (Å²) in [6, 6.07) is 9.46. The molecule has 0 amide bonds. The number of benzene rings is 1. The van der Waals surface area contributed by atoms with Crippen molar-refractivity contribution in [2.24, 2.45) is 0 Å². The van der Waals surface area contributed by atoms with Crippen LogP contribution in [0.15, 0.2) is 39.4 Å². The maximum Gasteiger partial charge on any atom is 0.156 e. The Kier molecular flexibility index (Phi) is 5.69. The second-order valence-corrected chi connectivity index (χ2v) is 6.11. The van der Waals surface area contributed by atoms with Gasteiger partial charge in [0.05, 0.1) is 29.0 Å². The van der Waals surface area contributed by atoms with Crippen molar-refractivity contribution in [1.82, 2.24) is 4.98 Å². The predicted octanol–water partition coefficient (Wildman–Crippen LogP) is 5.27. The third-order valence-electron chi connectivity index (χ3n) is 2.53. The summed E-state index contributed by atoms with van der Waals surface area (Å²) in [7, 11) is 0.